The molecule has 5 heterocycles. The van der Waals surface area contributed by atoms with Crippen LogP contribution in [0.2, 0.25) is 0 Å². The molecule has 366 valence electrons. The Labute approximate surface area is 432 Å². The number of hydrogen-bond acceptors (Lipinski definition) is 12. The molecule has 8 nitrogen and oxygen atoms in total. The van der Waals surface area contributed by atoms with Crippen LogP contribution in [0, 0.1) is 47.3 Å². The van der Waals surface area contributed by atoms with Crippen LogP contribution >= 0.6 is 58.6 Å². The predicted octanol–water partition coefficient (Wildman–Crippen LogP) is 9.91. The molecule has 13 rings (SSSR count). The largest absolute Gasteiger partial charge is 0.286 e. The lowest BCUT2D eigenvalue weighted by molar-refractivity contribution is 0.172. The van der Waals surface area contributed by atoms with Gasteiger partial charge in [-0.2, -0.15) is 0 Å². The van der Waals surface area contributed by atoms with Crippen LogP contribution in [0.1, 0.15) is 70.6 Å². The fourth-order valence-electron chi connectivity index (χ4n) is 15.2. The molecule has 8 bridgehead atoms. The number of fused-ring (bicyclic) bond motifs is 20. The number of hydrogen-bond donors (Lipinski definition) is 8. The van der Waals surface area contributed by atoms with E-state index >= 15 is 0 Å². The molecule has 5 saturated heterocycles. The summed E-state index contributed by atoms with van der Waals surface area (Å²) in [6.45, 7) is 0. The first-order valence-corrected chi connectivity index (χ1v) is 30.6. The normalized spacial score (nSPS) is 43.6. The molecule has 0 radical (unpaired) electrons. The molecule has 4 saturated carbocycles. The van der Waals surface area contributed by atoms with Crippen LogP contribution in [0.25, 0.3) is 0 Å². The van der Waals surface area contributed by atoms with Gasteiger partial charge >= 0.3 is 0 Å². The van der Waals surface area contributed by atoms with E-state index in [9.17, 15) is 0 Å². The van der Waals surface area contributed by atoms with Gasteiger partial charge in [-0.1, -0.05) is 105 Å². The van der Waals surface area contributed by atoms with Gasteiger partial charge in [-0.3, -0.25) is 42.5 Å². The molecule has 5 aliphatic heterocycles. The second-order valence-electron chi connectivity index (χ2n) is 21.8. The molecule has 69 heavy (non-hydrogen) atoms. The molecule has 4 aromatic carbocycles. The van der Waals surface area contributed by atoms with Crippen molar-refractivity contribution in [1.82, 2.24) is 42.5 Å². The van der Waals surface area contributed by atoms with E-state index in [2.05, 4.69) is 211 Å². The van der Waals surface area contributed by atoms with Crippen molar-refractivity contribution in [2.24, 2.45) is 47.3 Å². The highest BCUT2D eigenvalue weighted by molar-refractivity contribution is 8.07. The topological polar surface area (TPSA) is 96.2 Å². The Kier molecular flexibility index (Phi) is 14.2. The van der Waals surface area contributed by atoms with E-state index < -0.39 is 0 Å². The summed E-state index contributed by atoms with van der Waals surface area (Å²) in [7, 11) is 0. The zero-order chi connectivity index (χ0) is 45.8. The van der Waals surface area contributed by atoms with Crippen molar-refractivity contribution in [1.29, 1.82) is 0 Å². The van der Waals surface area contributed by atoms with E-state index in [-0.39, 0.29) is 75.5 Å². The van der Waals surface area contributed by atoms with Crippen molar-refractivity contribution >= 4 is 58.6 Å². The standard InChI is InChI=1S/C56H71ClN8S4/c57-41-31-17-30-40-42(41)54-63-53(40)61-51-37-27-14-13-26-36(37)49(59-51)58-50-38-28-15-16-29-39(38)52(60-50)62-55-43-44(56(64-54)65-55)46(67-33-20-7-2-8-21-33)48(69-35-24-11-4-12-25-35)47(68-34-22-9-3-10-23-34)45(43)66-32-18-5-1-6-19-32/h1-12,18-25,36-56,58-65H,13-17,26-31H2. The highest BCUT2D eigenvalue weighted by Gasteiger charge is 2.62. The summed E-state index contributed by atoms with van der Waals surface area (Å²) in [4.78, 5) is 5.40. The fraction of sp³-hybridized carbons (Fsp3) is 0.571. The Morgan fingerprint density at radius 3 is 0.928 bits per heavy atom. The Balaban J connectivity index is 0.960. The van der Waals surface area contributed by atoms with E-state index in [4.69, 9.17) is 11.6 Å². The lowest BCUT2D eigenvalue weighted by atomic mass is 9.75. The lowest BCUT2D eigenvalue weighted by Crippen LogP contribution is -2.62. The van der Waals surface area contributed by atoms with Gasteiger partial charge in [0.05, 0.1) is 49.3 Å². The zero-order valence-corrected chi connectivity index (χ0v) is 43.5. The molecular weight excluding hydrogens is 948 g/mol. The number of alkyl halides is 1. The van der Waals surface area contributed by atoms with Gasteiger partial charge < -0.3 is 0 Å². The average molecular weight is 1020 g/mol. The van der Waals surface area contributed by atoms with Gasteiger partial charge in [0.15, 0.2) is 0 Å². The van der Waals surface area contributed by atoms with Gasteiger partial charge in [-0.15, -0.1) is 58.6 Å². The maximum absolute atomic E-state index is 7.64. The van der Waals surface area contributed by atoms with E-state index in [0.717, 1.165) is 6.42 Å². The smallest absolute Gasteiger partial charge is 0.0642 e. The molecule has 0 spiro atoms. The van der Waals surface area contributed by atoms with Gasteiger partial charge in [-0.05, 0) is 117 Å². The first-order valence-electron chi connectivity index (χ1n) is 26.7. The van der Waals surface area contributed by atoms with Crippen LogP contribution in [0.3, 0.4) is 0 Å². The number of thioether (sulfide) groups is 4. The van der Waals surface area contributed by atoms with E-state index in [1.54, 1.807) is 0 Å². The van der Waals surface area contributed by atoms with Gasteiger partial charge in [0.1, 0.15) is 0 Å². The third kappa shape index (κ3) is 9.44. The van der Waals surface area contributed by atoms with Crippen molar-refractivity contribution < 1.29 is 0 Å². The fourth-order valence-corrected chi connectivity index (χ4v) is 22.2. The molecule has 8 N–H and O–H groups in total. The highest BCUT2D eigenvalue weighted by atomic mass is 35.5. The SMILES string of the molecule is ClC1CCCC2C3NC4NC(NC5NC(NC6NC(NC(N3)C12)C1C(Sc2ccccc2)C(Sc2ccccc2)C(Sc2ccccc2)C(Sc2ccccc2)C61)C1CCCCC51)C1CCCCC41. The Bertz CT molecular complexity index is 2310. The van der Waals surface area contributed by atoms with Crippen LogP contribution in [-0.2, 0) is 0 Å². The lowest BCUT2D eigenvalue weighted by Gasteiger charge is -2.51. The summed E-state index contributed by atoms with van der Waals surface area (Å²) in [5.41, 5.74) is 0. The molecule has 0 amide bonds. The van der Waals surface area contributed by atoms with Crippen LogP contribution in [-0.4, -0.2) is 75.7 Å². The van der Waals surface area contributed by atoms with Gasteiger partial charge in [0.25, 0.3) is 0 Å². The van der Waals surface area contributed by atoms with Crippen molar-refractivity contribution in [3.8, 4) is 0 Å². The molecule has 9 aliphatic rings. The maximum Gasteiger partial charge on any atom is 0.0642 e. The summed E-state index contributed by atoms with van der Waals surface area (Å²) < 4.78 is 0. The Morgan fingerprint density at radius 1 is 0.290 bits per heavy atom. The second-order valence-corrected chi connectivity index (χ2v) is 27.4. The summed E-state index contributed by atoms with van der Waals surface area (Å²) in [5, 5.41) is 36.5. The monoisotopic (exact) mass is 1020 g/mol. The van der Waals surface area contributed by atoms with E-state index in [0.29, 0.717) is 47.6 Å². The van der Waals surface area contributed by atoms with Crippen LogP contribution < -0.4 is 42.5 Å². The van der Waals surface area contributed by atoms with Gasteiger partial charge in [0.2, 0.25) is 0 Å². The van der Waals surface area contributed by atoms with Crippen molar-refractivity contribution in [3.05, 3.63) is 121 Å². The quantitative estimate of drug-likeness (QED) is 0.0809. The molecule has 4 aromatic rings. The maximum atomic E-state index is 7.64. The molecule has 0 aromatic heterocycles. The summed E-state index contributed by atoms with van der Waals surface area (Å²) in [6.07, 6.45) is 15.4. The number of nitrogens with one attached hydrogen (secondary N) is 8. The van der Waals surface area contributed by atoms with Crippen molar-refractivity contribution in [2.45, 2.75) is 166 Å². The van der Waals surface area contributed by atoms with E-state index in [1.807, 2.05) is 0 Å². The first-order chi connectivity index (χ1) is 34.1. The third-order valence-electron chi connectivity index (χ3n) is 18.1. The summed E-state index contributed by atoms with van der Waals surface area (Å²) in [6, 6.07) is 45.4. The molecule has 21 unspecified atom stereocenters. The zero-order valence-electron chi connectivity index (χ0n) is 39.5. The van der Waals surface area contributed by atoms with Crippen molar-refractivity contribution in [3.63, 3.8) is 0 Å². The molecule has 4 aliphatic carbocycles. The average Bonchev–Trinajstić information content (AvgIpc) is 4.13. The van der Waals surface area contributed by atoms with Crippen LogP contribution in [0.15, 0.2) is 141 Å². The first kappa shape index (κ1) is 47.0. The number of benzene rings is 4. The minimum absolute atomic E-state index is 0.0407. The molecular formula is C56H71ClN8S4. The Hall–Kier alpha value is -1.75. The predicted molar refractivity (Wildman–Crippen MR) is 288 cm³/mol. The van der Waals surface area contributed by atoms with Crippen LogP contribution in [0.4, 0.5) is 0 Å². The van der Waals surface area contributed by atoms with Gasteiger partial charge in [0, 0.05) is 63.7 Å². The number of rotatable bonds is 8. The van der Waals surface area contributed by atoms with Gasteiger partial charge in [-0.25, -0.2) is 0 Å². The van der Waals surface area contributed by atoms with Crippen LogP contribution in [0.5, 0.6) is 0 Å². The molecule has 13 heteroatoms. The summed E-state index contributed by atoms with van der Waals surface area (Å²) in [5.74, 6) is 3.80. The Morgan fingerprint density at radius 2 is 0.565 bits per heavy atom. The van der Waals surface area contributed by atoms with Crippen molar-refractivity contribution in [2.75, 3.05) is 0 Å². The summed E-state index contributed by atoms with van der Waals surface area (Å²) >= 11 is 16.2. The minimum Gasteiger partial charge on any atom is -0.286 e. The third-order valence-corrected chi connectivity index (χ3v) is 24.8. The van der Waals surface area contributed by atoms with E-state index in [1.165, 1.54) is 83.8 Å². The number of halogens is 1. The second kappa shape index (κ2) is 20.9. The molecule has 9 fully saturated rings. The highest BCUT2D eigenvalue weighted by Crippen LogP contribution is 2.58. The minimum atomic E-state index is 0.0407. The molecule has 21 atom stereocenters.